The van der Waals surface area contributed by atoms with Crippen LogP contribution in [0.3, 0.4) is 0 Å². The number of hydrogen-bond acceptors (Lipinski definition) is 4. The van der Waals surface area contributed by atoms with Gasteiger partial charge in [-0.15, -0.1) is 0 Å². The number of nitrogens with one attached hydrogen (secondary N) is 1. The molecule has 24 heavy (non-hydrogen) atoms. The molecule has 0 radical (unpaired) electrons. The van der Waals surface area contributed by atoms with Crippen LogP contribution in [-0.4, -0.2) is 48.8 Å². The van der Waals surface area contributed by atoms with Gasteiger partial charge in [0.25, 0.3) is 0 Å². The number of rotatable bonds is 5. The first kappa shape index (κ1) is 18.4. The number of hydrogen-bond donors (Lipinski definition) is 2. The lowest BCUT2D eigenvalue weighted by Gasteiger charge is -2.31. The predicted octanol–water partition coefficient (Wildman–Crippen LogP) is 0.985. The third-order valence-corrected chi connectivity index (χ3v) is 6.02. The van der Waals surface area contributed by atoms with Gasteiger partial charge in [-0.05, 0) is 38.8 Å². The molecule has 132 valence electrons. The first-order chi connectivity index (χ1) is 11.2. The number of aryl methyl sites for hydroxylation is 1. The largest absolute Gasteiger partial charge is 0.480 e. The summed E-state index contributed by atoms with van der Waals surface area (Å²) in [5, 5.41) is 11.3. The molecule has 8 heteroatoms. The van der Waals surface area contributed by atoms with Gasteiger partial charge >= 0.3 is 5.97 Å². The first-order valence-corrected chi connectivity index (χ1v) is 9.26. The normalized spacial score (nSPS) is 20.3. The zero-order valence-corrected chi connectivity index (χ0v) is 14.5. The molecule has 0 saturated carbocycles. The van der Waals surface area contributed by atoms with Gasteiger partial charge in [0, 0.05) is 13.1 Å². The van der Waals surface area contributed by atoms with Crippen molar-refractivity contribution in [2.45, 2.75) is 37.6 Å². The highest BCUT2D eigenvalue weighted by atomic mass is 32.2. The van der Waals surface area contributed by atoms with Crippen molar-refractivity contribution in [3.8, 4) is 0 Å². The maximum atomic E-state index is 12.7. The van der Waals surface area contributed by atoms with Crippen molar-refractivity contribution >= 4 is 21.9 Å². The molecule has 1 amide bonds. The summed E-state index contributed by atoms with van der Waals surface area (Å²) in [6.45, 7) is 3.67. The number of carbonyl (C=O) groups is 2. The highest BCUT2D eigenvalue weighted by molar-refractivity contribution is 7.89. The molecule has 2 N–H and O–H groups in total. The molecule has 0 aromatic heterocycles. The van der Waals surface area contributed by atoms with E-state index < -0.39 is 33.9 Å². The van der Waals surface area contributed by atoms with Gasteiger partial charge in [-0.1, -0.05) is 17.7 Å². The fourth-order valence-electron chi connectivity index (χ4n) is 2.63. The number of benzene rings is 1. The number of sulfonamides is 1. The summed E-state index contributed by atoms with van der Waals surface area (Å²) in [4.78, 5) is 23.2. The Morgan fingerprint density at radius 2 is 1.92 bits per heavy atom. The van der Waals surface area contributed by atoms with Gasteiger partial charge in [0.15, 0.2) is 0 Å². The third kappa shape index (κ3) is 4.12. The second-order valence-electron chi connectivity index (χ2n) is 6.08. The Hall–Kier alpha value is -1.93. The molecular weight excluding hydrogens is 332 g/mol. The Morgan fingerprint density at radius 1 is 1.29 bits per heavy atom. The van der Waals surface area contributed by atoms with Crippen molar-refractivity contribution in [1.82, 2.24) is 9.62 Å². The van der Waals surface area contributed by atoms with Crippen LogP contribution in [0, 0.1) is 12.8 Å². The maximum absolute atomic E-state index is 12.7. The lowest BCUT2D eigenvalue weighted by molar-refractivity contribution is -0.142. The molecule has 1 heterocycles. The molecule has 7 nitrogen and oxygen atoms in total. The summed E-state index contributed by atoms with van der Waals surface area (Å²) in [7, 11) is -3.65. The number of carbonyl (C=O) groups excluding carboxylic acids is 1. The molecule has 1 aliphatic heterocycles. The van der Waals surface area contributed by atoms with Crippen molar-refractivity contribution in [3.63, 3.8) is 0 Å². The Labute approximate surface area is 141 Å². The van der Waals surface area contributed by atoms with Crippen LogP contribution in [0.15, 0.2) is 29.2 Å². The van der Waals surface area contributed by atoms with E-state index in [4.69, 9.17) is 5.11 Å². The number of piperidine rings is 1. The van der Waals surface area contributed by atoms with E-state index in [9.17, 15) is 18.0 Å². The second-order valence-corrected chi connectivity index (χ2v) is 8.02. The first-order valence-electron chi connectivity index (χ1n) is 7.82. The molecule has 2 atom stereocenters. The van der Waals surface area contributed by atoms with Crippen LogP contribution in [0.5, 0.6) is 0 Å². The lowest BCUT2D eigenvalue weighted by atomic mass is 9.98. The number of carboxylic acids is 1. The van der Waals surface area contributed by atoms with E-state index in [1.165, 1.54) is 11.2 Å². The summed E-state index contributed by atoms with van der Waals surface area (Å²) in [6, 6.07) is 5.58. The molecule has 0 aliphatic carbocycles. The van der Waals surface area contributed by atoms with Crippen LogP contribution in [0.2, 0.25) is 0 Å². The van der Waals surface area contributed by atoms with Gasteiger partial charge in [-0.2, -0.15) is 4.31 Å². The van der Waals surface area contributed by atoms with Crippen molar-refractivity contribution in [3.05, 3.63) is 29.8 Å². The number of nitrogens with zero attached hydrogens (tertiary/aromatic N) is 1. The maximum Gasteiger partial charge on any atom is 0.325 e. The zero-order chi connectivity index (χ0) is 17.9. The van der Waals surface area contributed by atoms with E-state index in [-0.39, 0.29) is 11.4 Å². The molecule has 2 rings (SSSR count). The standard InChI is InChI=1S/C16H22N2O5S/c1-11-5-7-14(8-6-11)24(22,23)18-9-3-4-13(10-18)15(19)17-12(2)16(20)21/h5-8,12-13H,3-4,9-10H2,1-2H3,(H,17,19)(H,20,21)/t12-,13?/m1/s1. The number of aliphatic carboxylic acids is 1. The fraction of sp³-hybridized carbons (Fsp3) is 0.500. The van der Waals surface area contributed by atoms with Crippen molar-refractivity contribution in [2.24, 2.45) is 5.92 Å². The topological polar surface area (TPSA) is 104 Å². The lowest BCUT2D eigenvalue weighted by Crippen LogP contribution is -2.48. The van der Waals surface area contributed by atoms with Crippen molar-refractivity contribution < 1.29 is 23.1 Å². The van der Waals surface area contributed by atoms with E-state index in [1.54, 1.807) is 24.3 Å². The highest BCUT2D eigenvalue weighted by Gasteiger charge is 2.34. The highest BCUT2D eigenvalue weighted by Crippen LogP contribution is 2.24. The molecule has 1 aromatic carbocycles. The van der Waals surface area contributed by atoms with Crippen molar-refractivity contribution in [1.29, 1.82) is 0 Å². The zero-order valence-electron chi connectivity index (χ0n) is 13.7. The van der Waals surface area contributed by atoms with Crippen LogP contribution in [0.1, 0.15) is 25.3 Å². The quantitative estimate of drug-likeness (QED) is 0.820. The van der Waals surface area contributed by atoms with Gasteiger partial charge < -0.3 is 10.4 Å². The average Bonchev–Trinajstić information content (AvgIpc) is 2.55. The smallest absolute Gasteiger partial charge is 0.325 e. The van der Waals surface area contributed by atoms with Crippen LogP contribution in [0.25, 0.3) is 0 Å². The molecule has 1 unspecified atom stereocenters. The molecule has 1 aliphatic rings. The van der Waals surface area contributed by atoms with E-state index in [0.29, 0.717) is 19.4 Å². The number of carboxylic acid groups (broad SMARTS) is 1. The monoisotopic (exact) mass is 354 g/mol. The Kier molecular flexibility index (Phi) is 5.61. The summed E-state index contributed by atoms with van der Waals surface area (Å²) in [5.41, 5.74) is 0.965. The van der Waals surface area contributed by atoms with Gasteiger partial charge in [-0.3, -0.25) is 9.59 Å². The molecular formula is C16H22N2O5S. The minimum absolute atomic E-state index is 0.0639. The van der Waals surface area contributed by atoms with Gasteiger partial charge in [0.05, 0.1) is 10.8 Å². The van der Waals surface area contributed by atoms with Gasteiger partial charge in [-0.25, -0.2) is 8.42 Å². The summed E-state index contributed by atoms with van der Waals surface area (Å²) in [6.07, 6.45) is 1.10. The van der Waals surface area contributed by atoms with E-state index >= 15 is 0 Å². The van der Waals surface area contributed by atoms with E-state index in [2.05, 4.69) is 5.32 Å². The minimum Gasteiger partial charge on any atom is -0.480 e. The van der Waals surface area contributed by atoms with Gasteiger partial charge in [0.2, 0.25) is 15.9 Å². The van der Waals surface area contributed by atoms with E-state index in [0.717, 1.165) is 5.56 Å². The van der Waals surface area contributed by atoms with Crippen molar-refractivity contribution in [2.75, 3.05) is 13.1 Å². The SMILES string of the molecule is Cc1ccc(S(=O)(=O)N2CCCC(C(=O)N[C@H](C)C(=O)O)C2)cc1. The van der Waals surface area contributed by atoms with Crippen LogP contribution in [-0.2, 0) is 19.6 Å². The summed E-state index contributed by atoms with van der Waals surface area (Å²) >= 11 is 0. The van der Waals surface area contributed by atoms with Crippen LogP contribution in [0.4, 0.5) is 0 Å². The van der Waals surface area contributed by atoms with Crippen LogP contribution >= 0.6 is 0 Å². The second kappa shape index (κ2) is 7.31. The Balaban J connectivity index is 2.11. The number of amides is 1. The summed E-state index contributed by atoms with van der Waals surface area (Å²) < 4.78 is 26.7. The Morgan fingerprint density at radius 3 is 2.50 bits per heavy atom. The minimum atomic E-state index is -3.65. The third-order valence-electron chi connectivity index (χ3n) is 4.14. The average molecular weight is 354 g/mol. The molecule has 1 saturated heterocycles. The summed E-state index contributed by atoms with van der Waals surface area (Å²) in [5.74, 6) is -2.09. The molecule has 1 fully saturated rings. The van der Waals surface area contributed by atoms with E-state index in [1.807, 2.05) is 6.92 Å². The fourth-order valence-corrected chi connectivity index (χ4v) is 4.15. The van der Waals surface area contributed by atoms with Gasteiger partial charge in [0.1, 0.15) is 6.04 Å². The molecule has 0 bridgehead atoms. The molecule has 1 aromatic rings. The van der Waals surface area contributed by atoms with Crippen LogP contribution < -0.4 is 5.32 Å². The molecule has 0 spiro atoms. The predicted molar refractivity (Wildman–Crippen MR) is 87.9 cm³/mol. The Bertz CT molecular complexity index is 714.